The fourth-order valence-electron chi connectivity index (χ4n) is 3.99. The molecule has 4 N–H and O–H groups in total. The van der Waals surface area contributed by atoms with Gasteiger partial charge in [0.25, 0.3) is 5.92 Å². The summed E-state index contributed by atoms with van der Waals surface area (Å²) in [6.45, 7) is 0.427. The van der Waals surface area contributed by atoms with Gasteiger partial charge in [-0.3, -0.25) is 4.79 Å². The maximum Gasteiger partial charge on any atom is 0.408 e. The van der Waals surface area contributed by atoms with Gasteiger partial charge in [-0.05, 0) is 35.2 Å². The van der Waals surface area contributed by atoms with E-state index in [1.807, 2.05) is 0 Å². The van der Waals surface area contributed by atoms with E-state index in [1.54, 1.807) is 29.2 Å². The zero-order valence-electron chi connectivity index (χ0n) is 19.5. The zero-order valence-corrected chi connectivity index (χ0v) is 19.5. The molecule has 1 aliphatic heterocycles. The SMILES string of the molecule is NC(=O)[C@H](c1ccc(F)cc1)c1ccc(COC(=O)N[C@@H](CCN2CCC(F)(F)CC2)C(=O)O)cc1. The van der Waals surface area contributed by atoms with E-state index in [0.717, 1.165) is 0 Å². The maximum absolute atomic E-state index is 13.3. The molecule has 1 fully saturated rings. The fraction of sp³-hybridized carbons (Fsp3) is 0.400. The lowest BCUT2D eigenvalue weighted by Crippen LogP contribution is -2.45. The first-order chi connectivity index (χ1) is 17.0. The number of aliphatic carboxylic acids is 1. The van der Waals surface area contributed by atoms with Gasteiger partial charge in [-0.1, -0.05) is 36.4 Å². The monoisotopic (exact) mass is 507 g/mol. The van der Waals surface area contributed by atoms with Gasteiger partial charge in [0.05, 0.1) is 5.92 Å². The number of amides is 2. The standard InChI is InChI=1S/C25H28F3N3O5/c26-19-7-5-18(6-8-19)21(22(29)32)17-3-1-16(2-4-17)15-36-24(35)30-20(23(33)34)9-12-31-13-10-25(27,28)11-14-31/h1-8,20-21H,9-15H2,(H2,29,32)(H,30,35)(H,33,34)/t20-,21-/m0/s1. The minimum atomic E-state index is -2.69. The summed E-state index contributed by atoms with van der Waals surface area (Å²) in [4.78, 5) is 37.4. The molecule has 0 bridgehead atoms. The van der Waals surface area contributed by atoms with Crippen LogP contribution in [0.15, 0.2) is 48.5 Å². The van der Waals surface area contributed by atoms with Gasteiger partial charge >= 0.3 is 12.1 Å². The molecule has 8 nitrogen and oxygen atoms in total. The Balaban J connectivity index is 1.51. The Bertz CT molecular complexity index is 1050. The molecule has 1 aliphatic rings. The van der Waals surface area contributed by atoms with Crippen LogP contribution in [0.4, 0.5) is 18.0 Å². The predicted octanol–water partition coefficient (Wildman–Crippen LogP) is 3.24. The molecule has 2 atom stereocenters. The number of carboxylic acids is 1. The Kier molecular flexibility index (Phi) is 8.92. The number of nitrogens with two attached hydrogens (primary N) is 1. The van der Waals surface area contributed by atoms with Crippen molar-refractivity contribution in [3.63, 3.8) is 0 Å². The third-order valence-corrected chi connectivity index (χ3v) is 6.08. The van der Waals surface area contributed by atoms with Crippen LogP contribution in [-0.4, -0.2) is 59.6 Å². The second kappa shape index (κ2) is 11.9. The van der Waals surface area contributed by atoms with Crippen LogP contribution < -0.4 is 11.1 Å². The van der Waals surface area contributed by atoms with Crippen molar-refractivity contribution >= 4 is 18.0 Å². The number of carbonyl (C=O) groups excluding carboxylic acids is 2. The van der Waals surface area contributed by atoms with Crippen LogP contribution in [0, 0.1) is 5.82 Å². The summed E-state index contributed by atoms with van der Waals surface area (Å²) in [7, 11) is 0. The minimum Gasteiger partial charge on any atom is -0.480 e. The van der Waals surface area contributed by atoms with Crippen molar-refractivity contribution in [2.75, 3.05) is 19.6 Å². The first-order valence-electron chi connectivity index (χ1n) is 11.4. The number of piperidine rings is 1. The number of hydrogen-bond donors (Lipinski definition) is 3. The summed E-state index contributed by atoms with van der Waals surface area (Å²) < 4.78 is 44.8. The van der Waals surface area contributed by atoms with E-state index in [2.05, 4.69) is 5.32 Å². The van der Waals surface area contributed by atoms with Crippen molar-refractivity contribution in [2.45, 2.75) is 43.8 Å². The number of rotatable bonds is 10. The average molecular weight is 508 g/mol. The van der Waals surface area contributed by atoms with Crippen molar-refractivity contribution in [2.24, 2.45) is 5.73 Å². The highest BCUT2D eigenvalue weighted by atomic mass is 19.3. The molecule has 0 spiro atoms. The van der Waals surface area contributed by atoms with E-state index in [-0.39, 0.29) is 45.5 Å². The number of alkyl carbamates (subject to hydrolysis) is 1. The molecule has 2 aromatic rings. The van der Waals surface area contributed by atoms with E-state index >= 15 is 0 Å². The fourth-order valence-corrected chi connectivity index (χ4v) is 3.99. The van der Waals surface area contributed by atoms with Crippen LogP contribution in [0.2, 0.25) is 0 Å². The first kappa shape index (κ1) is 27.0. The number of alkyl halides is 2. The van der Waals surface area contributed by atoms with E-state index in [4.69, 9.17) is 10.5 Å². The van der Waals surface area contributed by atoms with Gasteiger partial charge in [0.2, 0.25) is 5.91 Å². The smallest absolute Gasteiger partial charge is 0.408 e. The molecule has 0 unspecified atom stereocenters. The van der Waals surface area contributed by atoms with Gasteiger partial charge in [0, 0.05) is 32.5 Å². The lowest BCUT2D eigenvalue weighted by atomic mass is 9.90. The van der Waals surface area contributed by atoms with Gasteiger partial charge in [-0.25, -0.2) is 22.8 Å². The number of hydrogen-bond acceptors (Lipinski definition) is 5. The minimum absolute atomic E-state index is 0.0442. The van der Waals surface area contributed by atoms with Crippen LogP contribution >= 0.6 is 0 Å². The predicted molar refractivity (Wildman–Crippen MR) is 124 cm³/mol. The van der Waals surface area contributed by atoms with Crippen LogP contribution in [0.5, 0.6) is 0 Å². The molecule has 36 heavy (non-hydrogen) atoms. The Morgan fingerprint density at radius 1 is 1.03 bits per heavy atom. The maximum atomic E-state index is 13.3. The van der Waals surface area contributed by atoms with E-state index < -0.39 is 41.7 Å². The van der Waals surface area contributed by atoms with E-state index in [9.17, 15) is 32.7 Å². The Morgan fingerprint density at radius 3 is 2.11 bits per heavy atom. The Hall–Kier alpha value is -3.60. The number of benzene rings is 2. The zero-order chi connectivity index (χ0) is 26.3. The number of carboxylic acid groups (broad SMARTS) is 1. The van der Waals surface area contributed by atoms with E-state index in [0.29, 0.717) is 16.7 Å². The molecule has 0 radical (unpaired) electrons. The Labute approximate surface area is 206 Å². The van der Waals surface area contributed by atoms with Crippen molar-refractivity contribution in [3.05, 3.63) is 71.0 Å². The van der Waals surface area contributed by atoms with Crippen LogP contribution in [0.25, 0.3) is 0 Å². The molecule has 3 rings (SSSR count). The first-order valence-corrected chi connectivity index (χ1v) is 11.4. The van der Waals surface area contributed by atoms with Crippen molar-refractivity contribution < 1.29 is 37.4 Å². The summed E-state index contributed by atoms with van der Waals surface area (Å²) in [6.07, 6.45) is -1.44. The summed E-state index contributed by atoms with van der Waals surface area (Å²) in [6, 6.07) is 10.7. The summed E-state index contributed by atoms with van der Waals surface area (Å²) in [5.74, 6) is -5.77. The third-order valence-electron chi connectivity index (χ3n) is 6.08. The quantitative estimate of drug-likeness (QED) is 0.454. The second-order valence-electron chi connectivity index (χ2n) is 8.73. The highest BCUT2D eigenvalue weighted by Gasteiger charge is 2.34. The third kappa shape index (κ3) is 7.70. The highest BCUT2D eigenvalue weighted by molar-refractivity contribution is 5.85. The molecule has 1 heterocycles. The second-order valence-corrected chi connectivity index (χ2v) is 8.73. The number of halogens is 3. The lowest BCUT2D eigenvalue weighted by molar-refractivity contribution is -0.139. The number of primary amides is 1. The molecule has 11 heteroatoms. The molecule has 2 aromatic carbocycles. The van der Waals surface area contributed by atoms with Crippen LogP contribution in [0.1, 0.15) is 41.9 Å². The summed E-state index contributed by atoms with van der Waals surface area (Å²) in [5, 5.41) is 11.7. The highest BCUT2D eigenvalue weighted by Crippen LogP contribution is 2.28. The molecule has 0 saturated carbocycles. The average Bonchev–Trinajstić information content (AvgIpc) is 2.83. The summed E-state index contributed by atoms with van der Waals surface area (Å²) in [5.41, 5.74) is 7.22. The van der Waals surface area contributed by atoms with Crippen LogP contribution in [0.3, 0.4) is 0 Å². The molecule has 0 aliphatic carbocycles. The number of ether oxygens (including phenoxy) is 1. The number of nitrogens with one attached hydrogen (secondary N) is 1. The van der Waals surface area contributed by atoms with Gasteiger partial charge < -0.3 is 25.8 Å². The van der Waals surface area contributed by atoms with Gasteiger partial charge in [0.15, 0.2) is 0 Å². The topological polar surface area (TPSA) is 122 Å². The number of carbonyl (C=O) groups is 3. The van der Waals surface area contributed by atoms with Crippen molar-refractivity contribution in [1.29, 1.82) is 0 Å². The lowest BCUT2D eigenvalue weighted by Gasteiger charge is -2.32. The Morgan fingerprint density at radius 2 is 1.58 bits per heavy atom. The number of likely N-dealkylation sites (tertiary alicyclic amines) is 1. The molecule has 2 amide bonds. The van der Waals surface area contributed by atoms with E-state index in [1.165, 1.54) is 24.3 Å². The molecular formula is C25H28F3N3O5. The van der Waals surface area contributed by atoms with Gasteiger partial charge in [-0.15, -0.1) is 0 Å². The van der Waals surface area contributed by atoms with Gasteiger partial charge in [-0.2, -0.15) is 0 Å². The largest absolute Gasteiger partial charge is 0.480 e. The molecule has 1 saturated heterocycles. The number of nitrogens with zero attached hydrogens (tertiary/aromatic N) is 1. The van der Waals surface area contributed by atoms with Crippen LogP contribution in [-0.2, 0) is 20.9 Å². The normalized spacial score (nSPS) is 17.1. The molecule has 0 aromatic heterocycles. The van der Waals surface area contributed by atoms with Crippen molar-refractivity contribution in [3.8, 4) is 0 Å². The van der Waals surface area contributed by atoms with Gasteiger partial charge in [0.1, 0.15) is 18.5 Å². The van der Waals surface area contributed by atoms with Crippen molar-refractivity contribution in [1.82, 2.24) is 10.2 Å². The molecular weight excluding hydrogens is 479 g/mol. The summed E-state index contributed by atoms with van der Waals surface area (Å²) >= 11 is 0. The molecule has 194 valence electrons.